The van der Waals surface area contributed by atoms with Crippen LogP contribution >= 0.6 is 23.2 Å². The van der Waals surface area contributed by atoms with Crippen molar-refractivity contribution in [3.63, 3.8) is 0 Å². The first kappa shape index (κ1) is 20.0. The van der Waals surface area contributed by atoms with Gasteiger partial charge in [0, 0.05) is 30.5 Å². The van der Waals surface area contributed by atoms with Gasteiger partial charge in [-0.25, -0.2) is 0 Å². The maximum absolute atomic E-state index is 12.2. The number of anilines is 1. The zero-order valence-corrected chi connectivity index (χ0v) is 16.3. The van der Waals surface area contributed by atoms with E-state index >= 15 is 0 Å². The number of benzene rings is 2. The van der Waals surface area contributed by atoms with Crippen molar-refractivity contribution in [2.24, 2.45) is 0 Å². The van der Waals surface area contributed by atoms with Gasteiger partial charge < -0.3 is 4.90 Å². The van der Waals surface area contributed by atoms with Crippen LogP contribution in [0.5, 0.6) is 0 Å². The number of hydrogen-bond donors (Lipinski definition) is 0. The van der Waals surface area contributed by atoms with Crippen LogP contribution in [0.2, 0.25) is 0 Å². The van der Waals surface area contributed by atoms with Crippen molar-refractivity contribution < 1.29 is 12.6 Å². The Morgan fingerprint density at radius 3 is 2.00 bits per heavy atom. The molecule has 2 rings (SSSR count). The van der Waals surface area contributed by atoms with Gasteiger partial charge in [0.1, 0.15) is 0 Å². The van der Waals surface area contributed by atoms with E-state index in [1.165, 1.54) is 0 Å². The third kappa shape index (κ3) is 5.89. The molecule has 25 heavy (non-hydrogen) atoms. The maximum Gasteiger partial charge on any atom is 0.297 e. The highest BCUT2D eigenvalue weighted by Gasteiger charge is 2.15. The summed E-state index contributed by atoms with van der Waals surface area (Å²) >= 11 is 11.6. The fraction of sp³-hybridized carbons (Fsp3) is 0.333. The van der Waals surface area contributed by atoms with Crippen LogP contribution in [-0.2, 0) is 20.9 Å². The lowest BCUT2D eigenvalue weighted by Gasteiger charge is -2.23. The number of aryl methyl sites for hydroxylation is 1. The van der Waals surface area contributed by atoms with Gasteiger partial charge >= 0.3 is 0 Å². The second kappa shape index (κ2) is 9.43. The number of halogens is 2. The van der Waals surface area contributed by atoms with E-state index in [1.54, 1.807) is 24.3 Å². The van der Waals surface area contributed by atoms with Gasteiger partial charge in [0.05, 0.1) is 11.5 Å². The molecule has 0 heterocycles. The second-order valence-electron chi connectivity index (χ2n) is 5.56. The number of alkyl halides is 2. The highest BCUT2D eigenvalue weighted by Crippen LogP contribution is 2.19. The molecule has 0 aromatic heterocycles. The first-order valence-electron chi connectivity index (χ1n) is 7.88. The lowest BCUT2D eigenvalue weighted by atomic mass is 10.2. The molecule has 4 nitrogen and oxygen atoms in total. The summed E-state index contributed by atoms with van der Waals surface area (Å²) in [4.78, 5) is 2.23. The molecular formula is C18H21Cl2NO3S. The zero-order valence-electron chi connectivity index (χ0n) is 14.0. The van der Waals surface area contributed by atoms with Gasteiger partial charge in [0.2, 0.25) is 0 Å². The number of nitrogens with zero attached hydrogens (tertiary/aromatic N) is 1. The van der Waals surface area contributed by atoms with E-state index < -0.39 is 10.1 Å². The second-order valence-corrected chi connectivity index (χ2v) is 7.93. The van der Waals surface area contributed by atoms with Crippen LogP contribution in [0.25, 0.3) is 0 Å². The summed E-state index contributed by atoms with van der Waals surface area (Å²) in [6.07, 6.45) is 0. The number of hydrogen-bond acceptors (Lipinski definition) is 4. The van der Waals surface area contributed by atoms with Crippen molar-refractivity contribution in [3.05, 3.63) is 59.7 Å². The minimum Gasteiger partial charge on any atom is -0.369 e. The van der Waals surface area contributed by atoms with Gasteiger partial charge in [-0.1, -0.05) is 29.8 Å². The van der Waals surface area contributed by atoms with Crippen molar-refractivity contribution in [1.82, 2.24) is 0 Å². The first-order valence-corrected chi connectivity index (χ1v) is 10.4. The van der Waals surface area contributed by atoms with Crippen LogP contribution in [0, 0.1) is 6.92 Å². The molecule has 0 amide bonds. The lowest BCUT2D eigenvalue weighted by molar-refractivity contribution is 0.308. The first-order chi connectivity index (χ1) is 12.0. The van der Waals surface area contributed by atoms with E-state index in [2.05, 4.69) is 4.90 Å². The third-order valence-electron chi connectivity index (χ3n) is 3.70. The molecular weight excluding hydrogens is 381 g/mol. The van der Waals surface area contributed by atoms with Crippen molar-refractivity contribution in [3.8, 4) is 0 Å². The Morgan fingerprint density at radius 2 is 1.48 bits per heavy atom. The highest BCUT2D eigenvalue weighted by molar-refractivity contribution is 7.86. The van der Waals surface area contributed by atoms with Crippen LogP contribution in [0.15, 0.2) is 53.4 Å². The Labute approximate surface area is 159 Å². The molecule has 0 radical (unpaired) electrons. The van der Waals surface area contributed by atoms with Crippen molar-refractivity contribution in [2.45, 2.75) is 18.4 Å². The summed E-state index contributed by atoms with van der Waals surface area (Å²) in [7, 11) is -3.76. The Hall–Kier alpha value is -1.27. The van der Waals surface area contributed by atoms with E-state index in [-0.39, 0.29) is 11.5 Å². The molecule has 0 saturated heterocycles. The number of rotatable bonds is 9. The average molecular weight is 402 g/mol. The molecule has 0 spiro atoms. The van der Waals surface area contributed by atoms with Crippen molar-refractivity contribution in [2.75, 3.05) is 29.7 Å². The van der Waals surface area contributed by atoms with E-state index in [9.17, 15) is 8.42 Å². The summed E-state index contributed by atoms with van der Waals surface area (Å²) in [6, 6.07) is 14.1. The maximum atomic E-state index is 12.2. The van der Waals surface area contributed by atoms with Crippen molar-refractivity contribution >= 4 is 39.0 Å². The smallest absolute Gasteiger partial charge is 0.297 e. The highest BCUT2D eigenvalue weighted by atomic mass is 35.5. The molecule has 0 unspecified atom stereocenters. The molecule has 0 saturated carbocycles. The van der Waals surface area contributed by atoms with Crippen LogP contribution in [-0.4, -0.2) is 33.3 Å². The SMILES string of the molecule is Cc1ccc(S(=O)(=O)OCc2ccc(N(CCCl)CCCl)cc2)cc1. The molecule has 0 aliphatic carbocycles. The Balaban J connectivity index is 2.02. The van der Waals surface area contributed by atoms with Gasteiger partial charge in [0.15, 0.2) is 0 Å². The van der Waals surface area contributed by atoms with Gasteiger partial charge in [-0.05, 0) is 36.8 Å². The van der Waals surface area contributed by atoms with Crippen LogP contribution in [0.4, 0.5) is 5.69 Å². The normalized spacial score (nSPS) is 11.5. The molecule has 0 aliphatic rings. The molecule has 136 valence electrons. The lowest BCUT2D eigenvalue weighted by Crippen LogP contribution is -2.27. The topological polar surface area (TPSA) is 46.6 Å². The van der Waals surface area contributed by atoms with E-state index in [1.807, 2.05) is 31.2 Å². The molecule has 0 aliphatic heterocycles. The largest absolute Gasteiger partial charge is 0.369 e. The standard InChI is InChI=1S/C18H21Cl2NO3S/c1-15-2-8-18(9-3-15)25(22,23)24-14-16-4-6-17(7-5-16)21(12-10-19)13-11-20/h2-9H,10-14H2,1H3. The summed E-state index contributed by atoms with van der Waals surface area (Å²) in [6.45, 7) is 3.29. The molecule has 2 aromatic carbocycles. The van der Waals surface area contributed by atoms with E-state index in [0.717, 1.165) is 16.8 Å². The van der Waals surface area contributed by atoms with Gasteiger partial charge in [-0.2, -0.15) is 8.42 Å². The van der Waals surface area contributed by atoms with Crippen LogP contribution < -0.4 is 4.90 Å². The Morgan fingerprint density at radius 1 is 0.920 bits per heavy atom. The molecule has 0 N–H and O–H groups in total. The monoisotopic (exact) mass is 401 g/mol. The molecule has 2 aromatic rings. The van der Waals surface area contributed by atoms with Gasteiger partial charge in [0.25, 0.3) is 10.1 Å². The molecule has 7 heteroatoms. The summed E-state index contributed by atoms with van der Waals surface area (Å²) in [5, 5.41) is 0. The van der Waals surface area contributed by atoms with Gasteiger partial charge in [-0.3, -0.25) is 4.18 Å². The minimum atomic E-state index is -3.76. The van der Waals surface area contributed by atoms with Crippen LogP contribution in [0.3, 0.4) is 0 Å². The Kier molecular flexibility index (Phi) is 7.56. The fourth-order valence-electron chi connectivity index (χ4n) is 2.30. The summed E-state index contributed by atoms with van der Waals surface area (Å²) in [5.41, 5.74) is 2.76. The molecule has 0 atom stereocenters. The summed E-state index contributed by atoms with van der Waals surface area (Å²) in [5.74, 6) is 1.02. The van der Waals surface area contributed by atoms with E-state index in [4.69, 9.17) is 27.4 Å². The predicted molar refractivity (Wildman–Crippen MR) is 103 cm³/mol. The summed E-state index contributed by atoms with van der Waals surface area (Å²) < 4.78 is 29.6. The molecule has 0 bridgehead atoms. The van der Waals surface area contributed by atoms with E-state index in [0.29, 0.717) is 24.8 Å². The van der Waals surface area contributed by atoms with Crippen molar-refractivity contribution in [1.29, 1.82) is 0 Å². The third-order valence-corrected chi connectivity index (χ3v) is 5.32. The average Bonchev–Trinajstić information content (AvgIpc) is 2.61. The van der Waals surface area contributed by atoms with Crippen LogP contribution in [0.1, 0.15) is 11.1 Å². The predicted octanol–water partition coefficient (Wildman–Crippen LogP) is 4.18. The zero-order chi connectivity index (χ0) is 18.3. The quantitative estimate of drug-likeness (QED) is 0.466. The Bertz CT molecular complexity index is 756. The van der Waals surface area contributed by atoms with Gasteiger partial charge in [-0.15, -0.1) is 23.2 Å². The fourth-order valence-corrected chi connectivity index (χ4v) is 3.60. The molecule has 0 fully saturated rings. The minimum absolute atomic E-state index is 0.0124.